The van der Waals surface area contributed by atoms with Gasteiger partial charge in [0.15, 0.2) is 0 Å². The first kappa shape index (κ1) is 11.4. The molecule has 0 amide bonds. The number of unbranched alkanes of at least 4 members (excludes halogenated alkanes) is 3. The fourth-order valence-electron chi connectivity index (χ4n) is 1.76. The highest BCUT2D eigenvalue weighted by Crippen LogP contribution is 2.16. The standard InChI is InChI=1S/C11H23NS/c1-2-3-4-5-8-12-11-7-6-9-13-10-11/h11-12H,2-10H2,1H3. The van der Waals surface area contributed by atoms with Crippen LogP contribution in [0.15, 0.2) is 0 Å². The van der Waals surface area contributed by atoms with Crippen molar-refractivity contribution in [3.8, 4) is 0 Å². The Bertz CT molecular complexity index is 111. The molecule has 0 spiro atoms. The molecule has 1 aliphatic heterocycles. The maximum Gasteiger partial charge on any atom is 0.0158 e. The van der Waals surface area contributed by atoms with Gasteiger partial charge in [-0.2, -0.15) is 11.8 Å². The second kappa shape index (κ2) is 7.69. The number of rotatable bonds is 6. The Balaban J connectivity index is 1.86. The number of nitrogens with one attached hydrogen (secondary N) is 1. The molecule has 2 heteroatoms. The molecule has 1 nitrogen and oxygen atoms in total. The molecule has 1 atom stereocenters. The normalized spacial score (nSPS) is 23.3. The fraction of sp³-hybridized carbons (Fsp3) is 1.00. The van der Waals surface area contributed by atoms with Crippen molar-refractivity contribution in [2.75, 3.05) is 18.1 Å². The lowest BCUT2D eigenvalue weighted by Gasteiger charge is -2.22. The minimum Gasteiger partial charge on any atom is -0.313 e. The Kier molecular flexibility index (Phi) is 6.73. The molecular formula is C11H23NS. The molecule has 13 heavy (non-hydrogen) atoms. The molecule has 1 rings (SSSR count). The van der Waals surface area contributed by atoms with Crippen molar-refractivity contribution in [2.24, 2.45) is 0 Å². The van der Waals surface area contributed by atoms with E-state index in [9.17, 15) is 0 Å². The van der Waals surface area contributed by atoms with Crippen LogP contribution < -0.4 is 5.32 Å². The van der Waals surface area contributed by atoms with Crippen LogP contribution in [0.5, 0.6) is 0 Å². The minimum atomic E-state index is 0.820. The van der Waals surface area contributed by atoms with Gasteiger partial charge in [0.1, 0.15) is 0 Å². The summed E-state index contributed by atoms with van der Waals surface area (Å²) in [6.45, 7) is 3.51. The number of hydrogen-bond acceptors (Lipinski definition) is 2. The van der Waals surface area contributed by atoms with Gasteiger partial charge in [0.05, 0.1) is 0 Å². The lowest BCUT2D eigenvalue weighted by Crippen LogP contribution is -2.34. The van der Waals surface area contributed by atoms with Crippen molar-refractivity contribution in [1.29, 1.82) is 0 Å². The third-order valence-corrected chi connectivity index (χ3v) is 3.84. The van der Waals surface area contributed by atoms with Crippen LogP contribution in [0.1, 0.15) is 45.4 Å². The highest BCUT2D eigenvalue weighted by Gasteiger charge is 2.11. The van der Waals surface area contributed by atoms with Crippen molar-refractivity contribution in [1.82, 2.24) is 5.32 Å². The predicted molar refractivity (Wildman–Crippen MR) is 62.5 cm³/mol. The average molecular weight is 201 g/mol. The zero-order valence-electron chi connectivity index (χ0n) is 8.85. The van der Waals surface area contributed by atoms with Gasteiger partial charge < -0.3 is 5.32 Å². The first-order valence-corrected chi connectivity index (χ1v) is 6.90. The predicted octanol–water partition coefficient (Wildman–Crippen LogP) is 3.05. The Morgan fingerprint density at radius 3 is 2.92 bits per heavy atom. The van der Waals surface area contributed by atoms with Crippen molar-refractivity contribution >= 4 is 11.8 Å². The molecule has 78 valence electrons. The Hall–Kier alpha value is 0.310. The average Bonchev–Trinajstić information content (AvgIpc) is 2.19. The maximum atomic E-state index is 3.66. The van der Waals surface area contributed by atoms with Gasteiger partial charge in [0.25, 0.3) is 0 Å². The molecule has 1 heterocycles. The van der Waals surface area contributed by atoms with Gasteiger partial charge in [0, 0.05) is 11.8 Å². The van der Waals surface area contributed by atoms with Crippen LogP contribution in [-0.2, 0) is 0 Å². The zero-order valence-corrected chi connectivity index (χ0v) is 9.67. The molecule has 0 aromatic carbocycles. The van der Waals surface area contributed by atoms with Crippen LogP contribution in [0.2, 0.25) is 0 Å². The molecule has 1 fully saturated rings. The quantitative estimate of drug-likeness (QED) is 0.663. The van der Waals surface area contributed by atoms with Gasteiger partial charge in [-0.3, -0.25) is 0 Å². The van der Waals surface area contributed by atoms with Crippen molar-refractivity contribution in [2.45, 2.75) is 51.5 Å². The summed E-state index contributed by atoms with van der Waals surface area (Å²) in [5, 5.41) is 3.66. The van der Waals surface area contributed by atoms with E-state index in [1.165, 1.54) is 56.6 Å². The molecular weight excluding hydrogens is 178 g/mol. The van der Waals surface area contributed by atoms with Crippen LogP contribution in [0.3, 0.4) is 0 Å². The lowest BCUT2D eigenvalue weighted by molar-refractivity contribution is 0.490. The van der Waals surface area contributed by atoms with Gasteiger partial charge in [-0.15, -0.1) is 0 Å². The molecule has 0 aromatic rings. The number of hydrogen-bond donors (Lipinski definition) is 1. The second-order valence-corrected chi connectivity index (χ2v) is 5.08. The van der Waals surface area contributed by atoms with Crippen LogP contribution in [0.4, 0.5) is 0 Å². The monoisotopic (exact) mass is 201 g/mol. The third-order valence-electron chi connectivity index (χ3n) is 2.62. The summed E-state index contributed by atoms with van der Waals surface area (Å²) in [4.78, 5) is 0. The molecule has 0 aromatic heterocycles. The highest BCUT2D eigenvalue weighted by atomic mass is 32.2. The molecule has 1 N–H and O–H groups in total. The largest absolute Gasteiger partial charge is 0.313 e. The summed E-state index contributed by atoms with van der Waals surface area (Å²) in [5.74, 6) is 2.72. The molecule has 0 saturated carbocycles. The smallest absolute Gasteiger partial charge is 0.0158 e. The zero-order chi connectivity index (χ0) is 9.36. The van der Waals surface area contributed by atoms with Crippen LogP contribution >= 0.6 is 11.8 Å². The fourth-order valence-corrected chi connectivity index (χ4v) is 2.87. The van der Waals surface area contributed by atoms with E-state index in [2.05, 4.69) is 24.0 Å². The van der Waals surface area contributed by atoms with Gasteiger partial charge in [-0.05, 0) is 31.6 Å². The van der Waals surface area contributed by atoms with Crippen LogP contribution in [0, 0.1) is 0 Å². The van der Waals surface area contributed by atoms with Gasteiger partial charge >= 0.3 is 0 Å². The van der Waals surface area contributed by atoms with Crippen molar-refractivity contribution < 1.29 is 0 Å². The van der Waals surface area contributed by atoms with Gasteiger partial charge in [-0.1, -0.05) is 26.2 Å². The van der Waals surface area contributed by atoms with E-state index in [4.69, 9.17) is 0 Å². The van der Waals surface area contributed by atoms with Crippen LogP contribution in [0.25, 0.3) is 0 Å². The first-order valence-electron chi connectivity index (χ1n) is 5.74. The molecule has 1 unspecified atom stereocenters. The lowest BCUT2D eigenvalue weighted by atomic mass is 10.1. The Morgan fingerprint density at radius 2 is 2.23 bits per heavy atom. The summed E-state index contributed by atoms with van der Waals surface area (Å²) in [6.07, 6.45) is 8.34. The van der Waals surface area contributed by atoms with E-state index in [1.54, 1.807) is 0 Å². The summed E-state index contributed by atoms with van der Waals surface area (Å²) in [5.41, 5.74) is 0. The number of thioether (sulfide) groups is 1. The first-order chi connectivity index (χ1) is 6.43. The van der Waals surface area contributed by atoms with E-state index >= 15 is 0 Å². The van der Waals surface area contributed by atoms with Gasteiger partial charge in [-0.25, -0.2) is 0 Å². The topological polar surface area (TPSA) is 12.0 Å². The van der Waals surface area contributed by atoms with E-state index in [-0.39, 0.29) is 0 Å². The third kappa shape index (κ3) is 5.58. The molecule has 0 aliphatic carbocycles. The summed E-state index contributed by atoms with van der Waals surface area (Å²) in [7, 11) is 0. The minimum absolute atomic E-state index is 0.820. The van der Waals surface area contributed by atoms with Crippen molar-refractivity contribution in [3.05, 3.63) is 0 Å². The molecule has 1 aliphatic rings. The molecule has 0 radical (unpaired) electrons. The summed E-state index contributed by atoms with van der Waals surface area (Å²) in [6, 6.07) is 0.820. The van der Waals surface area contributed by atoms with Crippen LogP contribution in [-0.4, -0.2) is 24.1 Å². The van der Waals surface area contributed by atoms with E-state index < -0.39 is 0 Å². The molecule has 0 bridgehead atoms. The van der Waals surface area contributed by atoms with E-state index in [0.717, 1.165) is 6.04 Å². The summed E-state index contributed by atoms with van der Waals surface area (Å²) >= 11 is 2.11. The molecule has 1 saturated heterocycles. The van der Waals surface area contributed by atoms with Gasteiger partial charge in [0.2, 0.25) is 0 Å². The van der Waals surface area contributed by atoms with E-state index in [0.29, 0.717) is 0 Å². The maximum absolute atomic E-state index is 3.66. The Morgan fingerprint density at radius 1 is 1.31 bits per heavy atom. The highest BCUT2D eigenvalue weighted by molar-refractivity contribution is 7.99. The van der Waals surface area contributed by atoms with E-state index in [1.807, 2.05) is 0 Å². The Labute approximate surface area is 87.1 Å². The summed E-state index contributed by atoms with van der Waals surface area (Å²) < 4.78 is 0. The second-order valence-electron chi connectivity index (χ2n) is 3.93. The SMILES string of the molecule is CCCCCCNC1CCCSC1. The van der Waals surface area contributed by atoms with Crippen molar-refractivity contribution in [3.63, 3.8) is 0 Å².